The topological polar surface area (TPSA) is 77.4 Å². The van der Waals surface area contributed by atoms with Gasteiger partial charge in [-0.2, -0.15) is 0 Å². The van der Waals surface area contributed by atoms with E-state index in [9.17, 15) is 13.0 Å². The molecule has 14 heavy (non-hydrogen) atoms. The fourth-order valence-corrected chi connectivity index (χ4v) is 1.76. The first-order valence-corrected chi connectivity index (χ1v) is 6.15. The quantitative estimate of drug-likeness (QED) is 0.317. The van der Waals surface area contributed by atoms with Crippen LogP contribution in [-0.2, 0) is 10.1 Å². The molecule has 0 aliphatic carbocycles. The monoisotopic (exact) mass is 248 g/mol. The first-order chi connectivity index (χ1) is 5.95. The van der Waals surface area contributed by atoms with Crippen molar-refractivity contribution in [3.05, 3.63) is 0 Å². The van der Waals surface area contributed by atoms with Crippen molar-refractivity contribution in [2.75, 3.05) is 5.75 Å². The SMILES string of the molecule is CCCCCCC(O)CS(=O)(=O)[O-].[K+]. The molecular weight excluding hydrogens is 231 g/mol. The first-order valence-electron chi connectivity index (χ1n) is 4.57. The smallest absolute Gasteiger partial charge is 0.748 e. The number of aliphatic hydroxyl groups is 1. The molecule has 6 heteroatoms. The van der Waals surface area contributed by atoms with Gasteiger partial charge in [-0.15, -0.1) is 0 Å². The van der Waals surface area contributed by atoms with E-state index in [0.29, 0.717) is 6.42 Å². The largest absolute Gasteiger partial charge is 1.00 e. The summed E-state index contributed by atoms with van der Waals surface area (Å²) < 4.78 is 30.6. The molecule has 0 bridgehead atoms. The number of rotatable bonds is 7. The van der Waals surface area contributed by atoms with Crippen LogP contribution >= 0.6 is 0 Å². The minimum Gasteiger partial charge on any atom is -0.748 e. The van der Waals surface area contributed by atoms with Gasteiger partial charge in [0.15, 0.2) is 0 Å². The van der Waals surface area contributed by atoms with E-state index in [1.54, 1.807) is 0 Å². The van der Waals surface area contributed by atoms with E-state index in [2.05, 4.69) is 6.92 Å². The van der Waals surface area contributed by atoms with Crippen LogP contribution in [0.5, 0.6) is 0 Å². The second-order valence-electron chi connectivity index (χ2n) is 3.23. The third-order valence-corrected chi connectivity index (χ3v) is 2.58. The van der Waals surface area contributed by atoms with Crippen LogP contribution in [0.3, 0.4) is 0 Å². The Morgan fingerprint density at radius 3 is 2.29 bits per heavy atom. The summed E-state index contributed by atoms with van der Waals surface area (Å²) in [6, 6.07) is 0. The van der Waals surface area contributed by atoms with Crippen LogP contribution < -0.4 is 51.4 Å². The summed E-state index contributed by atoms with van der Waals surface area (Å²) in [5.74, 6) is -0.654. The van der Waals surface area contributed by atoms with Crippen LogP contribution in [0.1, 0.15) is 39.0 Å². The van der Waals surface area contributed by atoms with Gasteiger partial charge in [-0.25, -0.2) is 8.42 Å². The maximum Gasteiger partial charge on any atom is 1.00 e. The van der Waals surface area contributed by atoms with Crippen LogP contribution in [0.4, 0.5) is 0 Å². The van der Waals surface area contributed by atoms with Crippen LogP contribution in [-0.4, -0.2) is 29.9 Å². The van der Waals surface area contributed by atoms with E-state index >= 15 is 0 Å². The molecule has 0 aliphatic heterocycles. The molecule has 0 fully saturated rings. The summed E-state index contributed by atoms with van der Waals surface area (Å²) in [4.78, 5) is 0. The van der Waals surface area contributed by atoms with Crippen molar-refractivity contribution in [2.24, 2.45) is 0 Å². The van der Waals surface area contributed by atoms with Gasteiger partial charge in [0.05, 0.1) is 22.0 Å². The molecule has 1 N–H and O–H groups in total. The Morgan fingerprint density at radius 1 is 1.29 bits per heavy atom. The molecule has 0 spiro atoms. The zero-order chi connectivity index (χ0) is 10.3. The molecule has 0 saturated carbocycles. The average Bonchev–Trinajstić information content (AvgIpc) is 1.94. The van der Waals surface area contributed by atoms with Gasteiger partial charge < -0.3 is 9.66 Å². The van der Waals surface area contributed by atoms with E-state index in [0.717, 1.165) is 25.7 Å². The van der Waals surface area contributed by atoms with E-state index in [4.69, 9.17) is 5.11 Å². The molecule has 0 aliphatic rings. The molecule has 0 amide bonds. The Morgan fingerprint density at radius 2 is 1.86 bits per heavy atom. The molecule has 0 aromatic rings. The predicted octanol–water partition coefficient (Wildman–Crippen LogP) is -2.13. The molecule has 0 radical (unpaired) electrons. The summed E-state index contributed by atoms with van der Waals surface area (Å²) in [6.07, 6.45) is 3.35. The molecule has 4 nitrogen and oxygen atoms in total. The van der Waals surface area contributed by atoms with Crippen molar-refractivity contribution in [2.45, 2.75) is 45.1 Å². The second-order valence-corrected chi connectivity index (χ2v) is 4.68. The molecule has 1 unspecified atom stereocenters. The van der Waals surface area contributed by atoms with E-state index in [-0.39, 0.29) is 51.4 Å². The summed E-state index contributed by atoms with van der Waals surface area (Å²) in [5, 5.41) is 9.10. The van der Waals surface area contributed by atoms with Gasteiger partial charge >= 0.3 is 51.4 Å². The zero-order valence-corrected chi connectivity index (χ0v) is 12.8. The zero-order valence-electron chi connectivity index (χ0n) is 8.90. The third-order valence-electron chi connectivity index (χ3n) is 1.79. The second kappa shape index (κ2) is 9.71. The first kappa shape index (κ1) is 17.9. The Bertz CT molecular complexity index is 215. The van der Waals surface area contributed by atoms with Crippen molar-refractivity contribution in [3.8, 4) is 0 Å². The third kappa shape index (κ3) is 13.5. The van der Waals surface area contributed by atoms with Crippen molar-refractivity contribution in [1.82, 2.24) is 0 Å². The Kier molecular flexibility index (Phi) is 12.4. The minimum absolute atomic E-state index is 0. The van der Waals surface area contributed by atoms with Crippen LogP contribution in [0, 0.1) is 0 Å². The van der Waals surface area contributed by atoms with E-state index < -0.39 is 22.0 Å². The van der Waals surface area contributed by atoms with E-state index in [1.165, 1.54) is 0 Å². The maximum absolute atomic E-state index is 10.2. The standard InChI is InChI=1S/C8H18O4S.K/c1-2-3-4-5-6-8(9)7-13(10,11)12;/h8-9H,2-7H2,1H3,(H,10,11,12);/q;+1/p-1. The van der Waals surface area contributed by atoms with Gasteiger partial charge in [0.25, 0.3) is 0 Å². The number of hydrogen-bond donors (Lipinski definition) is 1. The summed E-state index contributed by atoms with van der Waals surface area (Å²) in [5.41, 5.74) is 0. The molecule has 1 atom stereocenters. The van der Waals surface area contributed by atoms with Crippen molar-refractivity contribution < 1.29 is 69.5 Å². The molecule has 0 saturated heterocycles. The fraction of sp³-hybridized carbons (Fsp3) is 1.00. The summed E-state index contributed by atoms with van der Waals surface area (Å²) in [6.45, 7) is 2.07. The van der Waals surface area contributed by atoms with Gasteiger partial charge in [0.2, 0.25) is 0 Å². The Hall–Kier alpha value is 1.51. The molecule has 0 rings (SSSR count). The normalized spacial score (nSPS) is 13.4. The molecule has 0 aromatic heterocycles. The Balaban J connectivity index is 0. The van der Waals surface area contributed by atoms with Crippen molar-refractivity contribution in [3.63, 3.8) is 0 Å². The van der Waals surface area contributed by atoms with Crippen LogP contribution in [0.25, 0.3) is 0 Å². The van der Waals surface area contributed by atoms with Crippen LogP contribution in [0.15, 0.2) is 0 Å². The van der Waals surface area contributed by atoms with E-state index in [1.807, 2.05) is 0 Å². The summed E-state index contributed by atoms with van der Waals surface area (Å²) >= 11 is 0. The fourth-order valence-electron chi connectivity index (χ4n) is 1.13. The van der Waals surface area contributed by atoms with Gasteiger partial charge in [-0.1, -0.05) is 32.6 Å². The van der Waals surface area contributed by atoms with Gasteiger partial charge in [0.1, 0.15) is 0 Å². The van der Waals surface area contributed by atoms with Crippen LogP contribution in [0.2, 0.25) is 0 Å². The Labute approximate surface area is 129 Å². The number of aliphatic hydroxyl groups excluding tert-OH is 1. The summed E-state index contributed by atoms with van der Waals surface area (Å²) in [7, 11) is -4.27. The predicted molar refractivity (Wildman–Crippen MR) is 49.3 cm³/mol. The maximum atomic E-state index is 10.2. The van der Waals surface area contributed by atoms with Gasteiger partial charge in [-0.05, 0) is 6.42 Å². The number of unbranched alkanes of at least 4 members (excludes halogenated alkanes) is 3. The molecular formula is C8H17KO4S. The van der Waals surface area contributed by atoms with Gasteiger partial charge in [0, 0.05) is 0 Å². The average molecular weight is 248 g/mol. The van der Waals surface area contributed by atoms with Crippen molar-refractivity contribution in [1.29, 1.82) is 0 Å². The number of hydrogen-bond acceptors (Lipinski definition) is 4. The molecule has 0 aromatic carbocycles. The minimum atomic E-state index is -4.27. The molecule has 0 heterocycles. The van der Waals surface area contributed by atoms with Crippen molar-refractivity contribution >= 4 is 10.1 Å². The molecule has 80 valence electrons. The van der Waals surface area contributed by atoms with Gasteiger partial charge in [-0.3, -0.25) is 0 Å².